The lowest BCUT2D eigenvalue weighted by atomic mass is 10.2. The molecular formula is C12H17IN2O. The predicted molar refractivity (Wildman–Crippen MR) is 75.8 cm³/mol. The van der Waals surface area contributed by atoms with Crippen LogP contribution in [0.3, 0.4) is 0 Å². The maximum atomic E-state index is 6.06. The Balaban J connectivity index is 2.21. The highest BCUT2D eigenvalue weighted by Gasteiger charge is 2.16. The van der Waals surface area contributed by atoms with Crippen LogP contribution in [-0.2, 0) is 4.74 Å². The van der Waals surface area contributed by atoms with Crippen LogP contribution in [0.15, 0.2) is 18.2 Å². The molecule has 1 saturated heterocycles. The number of benzene rings is 1. The molecule has 1 fully saturated rings. The van der Waals surface area contributed by atoms with Gasteiger partial charge in [-0.2, -0.15) is 0 Å². The Hall–Kier alpha value is -0.490. The molecule has 1 aromatic rings. The molecule has 0 aromatic heterocycles. The number of rotatable bonds is 1. The summed E-state index contributed by atoms with van der Waals surface area (Å²) in [5, 5.41) is 0. The number of nitrogen functional groups attached to an aromatic ring is 1. The first-order valence-corrected chi connectivity index (χ1v) is 6.66. The summed E-state index contributed by atoms with van der Waals surface area (Å²) in [4.78, 5) is 2.32. The Labute approximate surface area is 110 Å². The highest BCUT2D eigenvalue weighted by Crippen LogP contribution is 2.26. The van der Waals surface area contributed by atoms with E-state index in [4.69, 9.17) is 10.5 Å². The van der Waals surface area contributed by atoms with E-state index >= 15 is 0 Å². The minimum Gasteiger partial charge on any atom is -0.397 e. The summed E-state index contributed by atoms with van der Waals surface area (Å²) in [6, 6.07) is 6.23. The first-order valence-electron chi connectivity index (χ1n) is 5.58. The fourth-order valence-electron chi connectivity index (χ4n) is 2.03. The fourth-order valence-corrected chi connectivity index (χ4v) is 2.54. The average Bonchev–Trinajstić information content (AvgIpc) is 2.43. The van der Waals surface area contributed by atoms with E-state index in [0.717, 1.165) is 37.5 Å². The van der Waals surface area contributed by atoms with Gasteiger partial charge >= 0.3 is 0 Å². The summed E-state index contributed by atoms with van der Waals surface area (Å²) in [6.07, 6.45) is 1.34. The highest BCUT2D eigenvalue weighted by atomic mass is 127. The van der Waals surface area contributed by atoms with E-state index in [-0.39, 0.29) is 6.10 Å². The number of nitrogens with zero attached hydrogens (tertiary/aromatic N) is 1. The van der Waals surface area contributed by atoms with E-state index in [1.807, 2.05) is 6.07 Å². The Morgan fingerprint density at radius 2 is 2.31 bits per heavy atom. The molecule has 0 saturated carbocycles. The average molecular weight is 332 g/mol. The second-order valence-electron chi connectivity index (χ2n) is 4.18. The molecule has 0 aliphatic carbocycles. The highest BCUT2D eigenvalue weighted by molar-refractivity contribution is 14.1. The molecule has 3 nitrogen and oxygen atoms in total. The third-order valence-electron chi connectivity index (χ3n) is 2.78. The van der Waals surface area contributed by atoms with E-state index < -0.39 is 0 Å². The molecule has 1 aromatic carbocycles. The van der Waals surface area contributed by atoms with Crippen LogP contribution >= 0.6 is 22.6 Å². The smallest absolute Gasteiger partial charge is 0.0721 e. The van der Waals surface area contributed by atoms with Crippen molar-refractivity contribution < 1.29 is 4.74 Å². The van der Waals surface area contributed by atoms with Gasteiger partial charge in [-0.15, -0.1) is 0 Å². The van der Waals surface area contributed by atoms with Crippen LogP contribution in [0.5, 0.6) is 0 Å². The van der Waals surface area contributed by atoms with Gasteiger partial charge in [0, 0.05) is 23.3 Å². The summed E-state index contributed by atoms with van der Waals surface area (Å²) in [5.41, 5.74) is 8.06. The zero-order chi connectivity index (χ0) is 11.5. The van der Waals surface area contributed by atoms with Crippen molar-refractivity contribution in [3.05, 3.63) is 21.8 Å². The summed E-state index contributed by atoms with van der Waals surface area (Å²) in [7, 11) is 0. The topological polar surface area (TPSA) is 38.5 Å². The van der Waals surface area contributed by atoms with Gasteiger partial charge in [-0.1, -0.05) is 0 Å². The van der Waals surface area contributed by atoms with Crippen LogP contribution in [0.1, 0.15) is 13.3 Å². The van der Waals surface area contributed by atoms with E-state index in [2.05, 4.69) is 46.5 Å². The molecule has 2 rings (SSSR count). The molecular weight excluding hydrogens is 315 g/mol. The van der Waals surface area contributed by atoms with Crippen molar-refractivity contribution in [2.45, 2.75) is 19.4 Å². The van der Waals surface area contributed by atoms with Crippen molar-refractivity contribution in [3.8, 4) is 0 Å². The summed E-state index contributed by atoms with van der Waals surface area (Å²) in [6.45, 7) is 4.91. The monoisotopic (exact) mass is 332 g/mol. The van der Waals surface area contributed by atoms with Crippen LogP contribution in [0.25, 0.3) is 0 Å². The maximum absolute atomic E-state index is 6.06. The van der Waals surface area contributed by atoms with Crippen molar-refractivity contribution >= 4 is 34.0 Å². The van der Waals surface area contributed by atoms with Crippen LogP contribution in [0.4, 0.5) is 11.4 Å². The molecule has 16 heavy (non-hydrogen) atoms. The van der Waals surface area contributed by atoms with E-state index in [1.54, 1.807) is 0 Å². The zero-order valence-electron chi connectivity index (χ0n) is 9.45. The first-order chi connectivity index (χ1) is 7.66. The minimum absolute atomic E-state index is 0.279. The minimum atomic E-state index is 0.279. The molecule has 2 N–H and O–H groups in total. The second kappa shape index (κ2) is 5.23. The van der Waals surface area contributed by atoms with E-state index in [0.29, 0.717) is 0 Å². The third-order valence-corrected chi connectivity index (χ3v) is 3.45. The first kappa shape index (κ1) is 12.0. The van der Waals surface area contributed by atoms with Crippen LogP contribution in [-0.4, -0.2) is 25.8 Å². The van der Waals surface area contributed by atoms with Crippen LogP contribution in [0, 0.1) is 3.57 Å². The second-order valence-corrected chi connectivity index (χ2v) is 5.43. The zero-order valence-corrected chi connectivity index (χ0v) is 11.6. The molecule has 0 amide bonds. The lowest BCUT2D eigenvalue weighted by Gasteiger charge is -2.25. The van der Waals surface area contributed by atoms with Gasteiger partial charge in [0.15, 0.2) is 0 Å². The van der Waals surface area contributed by atoms with Crippen molar-refractivity contribution in [2.24, 2.45) is 0 Å². The molecule has 1 atom stereocenters. The van der Waals surface area contributed by atoms with Crippen molar-refractivity contribution in [1.29, 1.82) is 0 Å². The molecule has 0 spiro atoms. The van der Waals surface area contributed by atoms with Gasteiger partial charge in [0.2, 0.25) is 0 Å². The van der Waals surface area contributed by atoms with E-state index in [1.165, 1.54) is 3.57 Å². The summed E-state index contributed by atoms with van der Waals surface area (Å²) < 4.78 is 6.81. The number of hydrogen-bond donors (Lipinski definition) is 1. The van der Waals surface area contributed by atoms with E-state index in [9.17, 15) is 0 Å². The van der Waals surface area contributed by atoms with Crippen molar-refractivity contribution in [3.63, 3.8) is 0 Å². The Morgan fingerprint density at radius 3 is 3.06 bits per heavy atom. The van der Waals surface area contributed by atoms with Crippen molar-refractivity contribution in [1.82, 2.24) is 0 Å². The Morgan fingerprint density at radius 1 is 1.50 bits per heavy atom. The van der Waals surface area contributed by atoms with Crippen LogP contribution < -0.4 is 10.6 Å². The molecule has 88 valence electrons. The molecule has 1 unspecified atom stereocenters. The lowest BCUT2D eigenvalue weighted by molar-refractivity contribution is 0.0821. The number of ether oxygens (including phenoxy) is 1. The number of halogens is 1. The van der Waals surface area contributed by atoms with Gasteiger partial charge in [0.1, 0.15) is 0 Å². The summed E-state index contributed by atoms with van der Waals surface area (Å²) in [5.74, 6) is 0. The fraction of sp³-hybridized carbons (Fsp3) is 0.500. The van der Waals surface area contributed by atoms with Crippen LogP contribution in [0.2, 0.25) is 0 Å². The Kier molecular flexibility index (Phi) is 3.91. The van der Waals surface area contributed by atoms with Gasteiger partial charge in [-0.05, 0) is 54.1 Å². The van der Waals surface area contributed by atoms with Crippen molar-refractivity contribution in [2.75, 3.05) is 30.3 Å². The number of anilines is 2. The number of nitrogens with two attached hydrogens (primary N) is 1. The van der Waals surface area contributed by atoms with Gasteiger partial charge in [0.05, 0.1) is 17.5 Å². The molecule has 4 heteroatoms. The van der Waals surface area contributed by atoms with Gasteiger partial charge in [-0.3, -0.25) is 0 Å². The largest absolute Gasteiger partial charge is 0.397 e. The molecule has 1 aliphatic rings. The summed E-state index contributed by atoms with van der Waals surface area (Å²) >= 11 is 2.28. The van der Waals surface area contributed by atoms with Gasteiger partial charge < -0.3 is 15.4 Å². The number of hydrogen-bond acceptors (Lipinski definition) is 3. The molecule has 0 radical (unpaired) electrons. The maximum Gasteiger partial charge on any atom is 0.0721 e. The normalized spacial score (nSPS) is 21.9. The SMILES string of the molecule is CC1CN(c2ccc(I)cc2N)CCCO1. The third kappa shape index (κ3) is 2.79. The standard InChI is InChI=1S/C12H17IN2O/c1-9-8-15(5-2-6-16-9)12-4-3-10(13)7-11(12)14/h3-4,7,9H,2,5-6,8,14H2,1H3. The lowest BCUT2D eigenvalue weighted by Crippen LogP contribution is -2.30. The Bertz CT molecular complexity index is 370. The predicted octanol–water partition coefficient (Wildman–Crippen LogP) is 2.49. The van der Waals surface area contributed by atoms with Gasteiger partial charge in [0.25, 0.3) is 0 Å². The van der Waals surface area contributed by atoms with Gasteiger partial charge in [-0.25, -0.2) is 0 Å². The molecule has 1 heterocycles. The molecule has 0 bridgehead atoms. The molecule has 1 aliphatic heterocycles. The quantitative estimate of drug-likeness (QED) is 0.634.